The van der Waals surface area contributed by atoms with E-state index in [-0.39, 0.29) is 17.0 Å². The van der Waals surface area contributed by atoms with E-state index in [0.717, 1.165) is 9.87 Å². The molecule has 2 aromatic rings. The first-order valence-electron chi connectivity index (χ1n) is 10.4. The van der Waals surface area contributed by atoms with Crippen molar-refractivity contribution >= 4 is 33.6 Å². The van der Waals surface area contributed by atoms with Crippen molar-refractivity contribution < 1.29 is 32.3 Å². The number of sulfonamides is 1. The van der Waals surface area contributed by atoms with Gasteiger partial charge in [-0.2, -0.15) is 4.31 Å². The number of nitrogens with zero attached hydrogens (tertiary/aromatic N) is 1. The third-order valence-corrected chi connectivity index (χ3v) is 7.30. The van der Waals surface area contributed by atoms with Gasteiger partial charge in [-0.1, -0.05) is 23.8 Å². The average molecular weight is 475 g/mol. The number of hydrogen-bond acceptors (Lipinski definition) is 7. The van der Waals surface area contributed by atoms with Gasteiger partial charge in [0.05, 0.1) is 17.6 Å². The van der Waals surface area contributed by atoms with E-state index in [4.69, 9.17) is 4.74 Å². The Labute approximate surface area is 192 Å². The van der Waals surface area contributed by atoms with Crippen molar-refractivity contribution in [3.05, 3.63) is 59.2 Å². The van der Waals surface area contributed by atoms with E-state index >= 15 is 0 Å². The zero-order valence-corrected chi connectivity index (χ0v) is 19.5. The molecule has 1 aliphatic heterocycles. The van der Waals surface area contributed by atoms with Crippen LogP contribution >= 0.6 is 0 Å². The fourth-order valence-corrected chi connectivity index (χ4v) is 5.18. The number of benzene rings is 2. The summed E-state index contributed by atoms with van der Waals surface area (Å²) in [5.41, 5.74) is 2.26. The molecule has 33 heavy (non-hydrogen) atoms. The SMILES string of the molecule is COC(=O)c1ccc(C)c(NC(=O)COC(=O)[C@@H]2CCCN2S(=O)(=O)c2ccc(C)cc2)c1. The average Bonchev–Trinajstić information content (AvgIpc) is 3.30. The molecule has 9 nitrogen and oxygen atoms in total. The van der Waals surface area contributed by atoms with Crippen LogP contribution in [0.15, 0.2) is 47.4 Å². The molecule has 1 saturated heterocycles. The summed E-state index contributed by atoms with van der Waals surface area (Å²) in [5, 5.41) is 2.59. The van der Waals surface area contributed by atoms with Crippen LogP contribution in [0.4, 0.5) is 5.69 Å². The molecular formula is C23H26N2O7S. The standard InChI is InChI=1S/C23H26N2O7S/c1-15-6-10-18(11-7-15)33(29,30)25-12-4-5-20(25)23(28)32-14-21(26)24-19-13-17(22(27)31-3)9-8-16(19)2/h6-11,13,20H,4-5,12,14H2,1-3H3,(H,24,26)/t20-/m0/s1. The first-order valence-corrected chi connectivity index (χ1v) is 11.8. The molecular weight excluding hydrogens is 448 g/mol. The van der Waals surface area contributed by atoms with Gasteiger partial charge < -0.3 is 14.8 Å². The number of carbonyl (C=O) groups excluding carboxylic acids is 3. The molecule has 2 aromatic carbocycles. The minimum atomic E-state index is -3.87. The molecule has 0 aromatic heterocycles. The molecule has 10 heteroatoms. The monoisotopic (exact) mass is 474 g/mol. The van der Waals surface area contributed by atoms with E-state index in [1.165, 1.54) is 25.3 Å². The molecule has 0 radical (unpaired) electrons. The Morgan fingerprint density at radius 2 is 1.79 bits per heavy atom. The van der Waals surface area contributed by atoms with E-state index in [2.05, 4.69) is 10.1 Å². The number of rotatable bonds is 7. The van der Waals surface area contributed by atoms with Crippen molar-refractivity contribution in [3.63, 3.8) is 0 Å². The number of hydrogen-bond donors (Lipinski definition) is 1. The van der Waals surface area contributed by atoms with Crippen LogP contribution < -0.4 is 5.32 Å². The van der Waals surface area contributed by atoms with Crippen molar-refractivity contribution in [1.29, 1.82) is 0 Å². The summed E-state index contributed by atoms with van der Waals surface area (Å²) in [5.74, 6) is -1.94. The van der Waals surface area contributed by atoms with Gasteiger partial charge >= 0.3 is 11.9 Å². The van der Waals surface area contributed by atoms with E-state index < -0.39 is 40.5 Å². The normalized spacial score (nSPS) is 16.3. The highest BCUT2D eigenvalue weighted by Crippen LogP contribution is 2.27. The summed E-state index contributed by atoms with van der Waals surface area (Å²) >= 11 is 0. The second-order valence-electron chi connectivity index (χ2n) is 7.76. The molecule has 1 aliphatic rings. The van der Waals surface area contributed by atoms with Crippen LogP contribution in [0, 0.1) is 13.8 Å². The van der Waals surface area contributed by atoms with Crippen molar-refractivity contribution in [2.75, 3.05) is 25.6 Å². The Morgan fingerprint density at radius 1 is 1.09 bits per heavy atom. The summed E-state index contributed by atoms with van der Waals surface area (Å²) in [6.07, 6.45) is 0.822. The summed E-state index contributed by atoms with van der Waals surface area (Å²) in [6.45, 7) is 3.21. The lowest BCUT2D eigenvalue weighted by molar-refractivity contribution is -0.150. The fourth-order valence-electron chi connectivity index (χ4n) is 3.53. The van der Waals surface area contributed by atoms with Gasteiger partial charge in [0.25, 0.3) is 5.91 Å². The molecule has 0 unspecified atom stereocenters. The van der Waals surface area contributed by atoms with Gasteiger partial charge in [0, 0.05) is 12.2 Å². The lowest BCUT2D eigenvalue weighted by Crippen LogP contribution is -2.42. The van der Waals surface area contributed by atoms with Gasteiger partial charge in [-0.3, -0.25) is 9.59 Å². The number of esters is 2. The van der Waals surface area contributed by atoms with Crippen LogP contribution in [0.3, 0.4) is 0 Å². The zero-order valence-electron chi connectivity index (χ0n) is 18.7. The summed E-state index contributed by atoms with van der Waals surface area (Å²) in [4.78, 5) is 36.8. The number of aryl methyl sites for hydroxylation is 2. The van der Waals surface area contributed by atoms with E-state index in [1.54, 1.807) is 31.2 Å². The number of methoxy groups -OCH3 is 1. The van der Waals surface area contributed by atoms with Gasteiger partial charge in [0.15, 0.2) is 6.61 Å². The zero-order chi connectivity index (χ0) is 24.2. The van der Waals surface area contributed by atoms with E-state index in [0.29, 0.717) is 24.1 Å². The van der Waals surface area contributed by atoms with Crippen LogP contribution in [0.1, 0.15) is 34.3 Å². The first-order chi connectivity index (χ1) is 15.6. The highest BCUT2D eigenvalue weighted by molar-refractivity contribution is 7.89. The Hall–Kier alpha value is -3.24. The fraction of sp³-hybridized carbons (Fsp3) is 0.348. The number of amides is 1. The van der Waals surface area contributed by atoms with Crippen molar-refractivity contribution in [2.24, 2.45) is 0 Å². The highest BCUT2D eigenvalue weighted by atomic mass is 32.2. The molecule has 0 bridgehead atoms. The summed E-state index contributed by atoms with van der Waals surface area (Å²) < 4.78 is 36.9. The second-order valence-corrected chi connectivity index (χ2v) is 9.65. The Bertz CT molecular complexity index is 1160. The quantitative estimate of drug-likeness (QED) is 0.612. The number of nitrogens with one attached hydrogen (secondary N) is 1. The van der Waals surface area contributed by atoms with Crippen molar-refractivity contribution in [1.82, 2.24) is 4.31 Å². The molecule has 1 fully saturated rings. The lowest BCUT2D eigenvalue weighted by atomic mass is 10.1. The number of anilines is 1. The summed E-state index contributed by atoms with van der Waals surface area (Å²) in [7, 11) is -2.61. The smallest absolute Gasteiger partial charge is 0.337 e. The second kappa shape index (κ2) is 10.1. The lowest BCUT2D eigenvalue weighted by Gasteiger charge is -2.22. The highest BCUT2D eigenvalue weighted by Gasteiger charge is 2.40. The van der Waals surface area contributed by atoms with Gasteiger partial charge in [-0.15, -0.1) is 0 Å². The maximum absolute atomic E-state index is 13.0. The molecule has 1 N–H and O–H groups in total. The van der Waals surface area contributed by atoms with E-state index in [1.807, 2.05) is 6.92 Å². The molecule has 0 aliphatic carbocycles. The largest absolute Gasteiger partial charge is 0.465 e. The molecule has 1 atom stereocenters. The maximum atomic E-state index is 13.0. The van der Waals surface area contributed by atoms with Crippen LogP contribution in [0.25, 0.3) is 0 Å². The van der Waals surface area contributed by atoms with Crippen LogP contribution in [-0.2, 0) is 29.1 Å². The number of carbonyl (C=O) groups is 3. The van der Waals surface area contributed by atoms with E-state index in [9.17, 15) is 22.8 Å². The summed E-state index contributed by atoms with van der Waals surface area (Å²) in [6, 6.07) is 10.1. The molecule has 1 amide bonds. The van der Waals surface area contributed by atoms with Gasteiger partial charge in [0.2, 0.25) is 10.0 Å². The predicted octanol–water partition coefficient (Wildman–Crippen LogP) is 2.43. The minimum absolute atomic E-state index is 0.103. The Balaban J connectivity index is 1.64. The van der Waals surface area contributed by atoms with Crippen molar-refractivity contribution in [2.45, 2.75) is 37.6 Å². The molecule has 176 valence electrons. The molecule has 0 spiro atoms. The van der Waals surface area contributed by atoms with Crippen LogP contribution in [0.5, 0.6) is 0 Å². The topological polar surface area (TPSA) is 119 Å². The van der Waals surface area contributed by atoms with Crippen LogP contribution in [-0.4, -0.2) is 56.9 Å². The third-order valence-electron chi connectivity index (χ3n) is 5.38. The molecule has 0 saturated carbocycles. The number of ether oxygens (including phenoxy) is 2. The molecule has 1 heterocycles. The van der Waals surface area contributed by atoms with Gasteiger partial charge in [-0.05, 0) is 56.5 Å². The van der Waals surface area contributed by atoms with Gasteiger partial charge in [0.1, 0.15) is 6.04 Å². The third kappa shape index (κ3) is 5.58. The first kappa shape index (κ1) is 24.4. The van der Waals surface area contributed by atoms with Gasteiger partial charge in [-0.25, -0.2) is 13.2 Å². The Morgan fingerprint density at radius 3 is 2.45 bits per heavy atom. The maximum Gasteiger partial charge on any atom is 0.337 e. The predicted molar refractivity (Wildman–Crippen MR) is 120 cm³/mol. The van der Waals surface area contributed by atoms with Crippen LogP contribution in [0.2, 0.25) is 0 Å². The van der Waals surface area contributed by atoms with Crippen molar-refractivity contribution in [3.8, 4) is 0 Å². The minimum Gasteiger partial charge on any atom is -0.465 e. The molecule has 3 rings (SSSR count). The Kier molecular flexibility index (Phi) is 7.50.